The highest BCUT2D eigenvalue weighted by molar-refractivity contribution is 5.94. The number of amides is 1. The molecule has 0 aliphatic rings. The number of aryl methyl sites for hydroxylation is 1. The quantitative estimate of drug-likeness (QED) is 0.880. The van der Waals surface area contributed by atoms with Crippen LogP contribution in [-0.2, 0) is 0 Å². The topological polar surface area (TPSA) is 55.1 Å². The molecule has 1 amide bonds. The van der Waals surface area contributed by atoms with Crippen LogP contribution in [0.2, 0.25) is 0 Å². The highest BCUT2D eigenvalue weighted by Gasteiger charge is 2.26. The molecular formula is C15H23FN2O. The van der Waals surface area contributed by atoms with Gasteiger partial charge in [-0.25, -0.2) is 4.39 Å². The van der Waals surface area contributed by atoms with Crippen molar-refractivity contribution < 1.29 is 9.18 Å². The molecule has 0 radical (unpaired) electrons. The first kappa shape index (κ1) is 15.6. The lowest BCUT2D eigenvalue weighted by atomic mass is 9.84. The van der Waals surface area contributed by atoms with Crippen molar-refractivity contribution in [2.75, 3.05) is 6.54 Å². The van der Waals surface area contributed by atoms with Crippen molar-refractivity contribution in [2.24, 2.45) is 11.1 Å². The predicted molar refractivity (Wildman–Crippen MR) is 75.5 cm³/mol. The molecule has 3 nitrogen and oxygen atoms in total. The smallest absolute Gasteiger partial charge is 0.254 e. The van der Waals surface area contributed by atoms with Gasteiger partial charge in [-0.3, -0.25) is 4.79 Å². The summed E-state index contributed by atoms with van der Waals surface area (Å²) in [6.07, 6.45) is 0.669. The Morgan fingerprint density at radius 3 is 2.58 bits per heavy atom. The second kappa shape index (κ2) is 6.15. The largest absolute Gasteiger partial charge is 0.349 e. The lowest BCUT2D eigenvalue weighted by Crippen LogP contribution is -2.45. The number of nitrogens with two attached hydrogens (primary N) is 1. The van der Waals surface area contributed by atoms with Crippen LogP contribution in [0.3, 0.4) is 0 Å². The van der Waals surface area contributed by atoms with Crippen LogP contribution in [0.25, 0.3) is 0 Å². The van der Waals surface area contributed by atoms with E-state index in [2.05, 4.69) is 5.32 Å². The lowest BCUT2D eigenvalue weighted by Gasteiger charge is -2.31. The molecule has 0 saturated heterocycles. The van der Waals surface area contributed by atoms with Gasteiger partial charge in [0.1, 0.15) is 5.82 Å². The Labute approximate surface area is 114 Å². The molecule has 0 aromatic heterocycles. The molecule has 3 N–H and O–H groups in total. The number of hydrogen-bond acceptors (Lipinski definition) is 2. The monoisotopic (exact) mass is 266 g/mol. The van der Waals surface area contributed by atoms with Crippen molar-refractivity contribution in [3.05, 3.63) is 35.1 Å². The van der Waals surface area contributed by atoms with Crippen molar-refractivity contribution in [3.8, 4) is 0 Å². The van der Waals surface area contributed by atoms with Crippen molar-refractivity contribution in [2.45, 2.75) is 40.2 Å². The van der Waals surface area contributed by atoms with Crippen LogP contribution in [0.4, 0.5) is 4.39 Å². The summed E-state index contributed by atoms with van der Waals surface area (Å²) in [5, 5.41) is 2.88. The van der Waals surface area contributed by atoms with Crippen LogP contribution in [0.15, 0.2) is 18.2 Å². The van der Waals surface area contributed by atoms with Gasteiger partial charge in [-0.1, -0.05) is 32.9 Å². The Morgan fingerprint density at radius 1 is 1.42 bits per heavy atom. The van der Waals surface area contributed by atoms with Gasteiger partial charge in [0.25, 0.3) is 5.91 Å². The summed E-state index contributed by atoms with van der Waals surface area (Å²) in [5.74, 6) is -0.838. The van der Waals surface area contributed by atoms with Crippen molar-refractivity contribution in [3.63, 3.8) is 0 Å². The summed E-state index contributed by atoms with van der Waals surface area (Å²) < 4.78 is 13.9. The lowest BCUT2D eigenvalue weighted by molar-refractivity contribution is 0.0894. The molecule has 1 rings (SSSR count). The summed E-state index contributed by atoms with van der Waals surface area (Å²) in [6, 6.07) is 4.75. The van der Waals surface area contributed by atoms with Crippen LogP contribution < -0.4 is 11.1 Å². The standard InChI is InChI=1S/C15H23FN2O/c1-10-6-5-7-11(13(10)16)14(19)18-12(8-9-17)15(2,3)4/h5-7,12H,8-9,17H2,1-4H3,(H,18,19). The number of rotatable bonds is 4. The molecule has 1 aromatic rings. The minimum absolute atomic E-state index is 0.0788. The minimum Gasteiger partial charge on any atom is -0.349 e. The summed E-state index contributed by atoms with van der Waals surface area (Å²) >= 11 is 0. The molecule has 0 saturated carbocycles. The van der Waals surface area contributed by atoms with Crippen LogP contribution >= 0.6 is 0 Å². The molecule has 0 bridgehead atoms. The Balaban J connectivity index is 2.91. The molecule has 4 heteroatoms. The van der Waals surface area contributed by atoms with E-state index in [-0.39, 0.29) is 22.9 Å². The second-order valence-corrected chi connectivity index (χ2v) is 5.91. The fourth-order valence-electron chi connectivity index (χ4n) is 1.95. The molecule has 0 aliphatic heterocycles. The maximum absolute atomic E-state index is 13.9. The van der Waals surface area contributed by atoms with Gasteiger partial charge in [-0.05, 0) is 36.9 Å². The first-order valence-corrected chi connectivity index (χ1v) is 6.53. The first-order valence-electron chi connectivity index (χ1n) is 6.53. The molecule has 0 spiro atoms. The number of halogens is 1. The Hall–Kier alpha value is -1.42. The number of nitrogens with one attached hydrogen (secondary N) is 1. The average molecular weight is 266 g/mol. The summed E-state index contributed by atoms with van der Waals surface area (Å²) in [4.78, 5) is 12.2. The number of carbonyl (C=O) groups excluding carboxylic acids is 1. The molecule has 19 heavy (non-hydrogen) atoms. The van der Waals surface area contributed by atoms with Crippen molar-refractivity contribution in [1.29, 1.82) is 0 Å². The fourth-order valence-corrected chi connectivity index (χ4v) is 1.95. The summed E-state index contributed by atoms with van der Waals surface area (Å²) in [5.41, 5.74) is 6.01. The van der Waals surface area contributed by atoms with Gasteiger partial charge >= 0.3 is 0 Å². The molecule has 1 aromatic carbocycles. The summed E-state index contributed by atoms with van der Waals surface area (Å²) in [7, 11) is 0. The van der Waals surface area contributed by atoms with E-state index in [4.69, 9.17) is 5.73 Å². The van der Waals surface area contributed by atoms with E-state index in [1.54, 1.807) is 19.1 Å². The van der Waals surface area contributed by atoms with Gasteiger partial charge in [-0.2, -0.15) is 0 Å². The third-order valence-corrected chi connectivity index (χ3v) is 3.24. The zero-order valence-corrected chi connectivity index (χ0v) is 12.1. The van der Waals surface area contributed by atoms with Gasteiger partial charge in [0, 0.05) is 6.04 Å². The highest BCUT2D eigenvalue weighted by atomic mass is 19.1. The van der Waals surface area contributed by atoms with Crippen molar-refractivity contribution >= 4 is 5.91 Å². The number of benzene rings is 1. The second-order valence-electron chi connectivity index (χ2n) is 5.91. The molecule has 1 unspecified atom stereocenters. The van der Waals surface area contributed by atoms with Gasteiger partial charge in [0.2, 0.25) is 0 Å². The third kappa shape index (κ3) is 4.03. The molecule has 0 heterocycles. The molecule has 1 atom stereocenters. The van der Waals surface area contributed by atoms with E-state index in [9.17, 15) is 9.18 Å². The van der Waals surface area contributed by atoms with Crippen LogP contribution in [0, 0.1) is 18.2 Å². The SMILES string of the molecule is Cc1cccc(C(=O)NC(CCN)C(C)(C)C)c1F. The fraction of sp³-hybridized carbons (Fsp3) is 0.533. The number of carbonyl (C=O) groups is 1. The van der Waals surface area contributed by atoms with Gasteiger partial charge in [0.15, 0.2) is 0 Å². The van der Waals surface area contributed by atoms with Crippen LogP contribution in [0.5, 0.6) is 0 Å². The maximum Gasteiger partial charge on any atom is 0.254 e. The van der Waals surface area contributed by atoms with Gasteiger partial charge in [-0.15, -0.1) is 0 Å². The first-order chi connectivity index (χ1) is 8.77. The Bertz CT molecular complexity index is 452. The highest BCUT2D eigenvalue weighted by Crippen LogP contribution is 2.22. The summed E-state index contributed by atoms with van der Waals surface area (Å²) in [6.45, 7) is 8.21. The maximum atomic E-state index is 13.9. The third-order valence-electron chi connectivity index (χ3n) is 3.24. The van der Waals surface area contributed by atoms with Gasteiger partial charge in [0.05, 0.1) is 5.56 Å². The molecular weight excluding hydrogens is 243 g/mol. The number of hydrogen-bond donors (Lipinski definition) is 2. The Morgan fingerprint density at radius 2 is 2.05 bits per heavy atom. The van der Waals surface area contributed by atoms with Gasteiger partial charge < -0.3 is 11.1 Å². The average Bonchev–Trinajstić information content (AvgIpc) is 2.30. The normalized spacial score (nSPS) is 13.2. The zero-order chi connectivity index (χ0) is 14.6. The van der Waals surface area contributed by atoms with E-state index in [1.165, 1.54) is 6.07 Å². The van der Waals surface area contributed by atoms with E-state index in [0.29, 0.717) is 18.5 Å². The van der Waals surface area contributed by atoms with Crippen LogP contribution in [0.1, 0.15) is 43.1 Å². The minimum atomic E-state index is -0.458. The molecule has 0 fully saturated rings. The van der Waals surface area contributed by atoms with E-state index in [1.807, 2.05) is 20.8 Å². The van der Waals surface area contributed by atoms with Crippen LogP contribution in [-0.4, -0.2) is 18.5 Å². The van der Waals surface area contributed by atoms with E-state index < -0.39 is 5.82 Å². The van der Waals surface area contributed by atoms with E-state index in [0.717, 1.165) is 0 Å². The van der Waals surface area contributed by atoms with E-state index >= 15 is 0 Å². The zero-order valence-electron chi connectivity index (χ0n) is 12.1. The Kier molecular flexibility index (Phi) is 5.06. The van der Waals surface area contributed by atoms with Crippen molar-refractivity contribution in [1.82, 2.24) is 5.32 Å². The molecule has 106 valence electrons. The predicted octanol–water partition coefficient (Wildman–Crippen LogP) is 2.63. The molecule has 0 aliphatic carbocycles.